The Morgan fingerprint density at radius 3 is 2.90 bits per heavy atom. The second-order valence-electron chi connectivity index (χ2n) is 5.37. The van der Waals surface area contributed by atoms with Crippen molar-refractivity contribution in [2.24, 2.45) is 0 Å². The summed E-state index contributed by atoms with van der Waals surface area (Å²) in [6, 6.07) is 8.69. The van der Waals surface area contributed by atoms with E-state index in [1.165, 1.54) is 24.2 Å². The van der Waals surface area contributed by atoms with Crippen LogP contribution < -0.4 is 5.32 Å². The molecule has 3 aromatic rings. The van der Waals surface area contributed by atoms with Crippen LogP contribution in [0.1, 0.15) is 34.9 Å². The molecule has 1 amide bonds. The van der Waals surface area contributed by atoms with Crippen LogP contribution in [0.3, 0.4) is 0 Å². The van der Waals surface area contributed by atoms with Gasteiger partial charge in [0.05, 0.1) is 5.56 Å². The number of hydrogen-bond donors (Lipinski definition) is 1. The molecule has 1 aromatic carbocycles. The lowest BCUT2D eigenvalue weighted by Gasteiger charge is -2.06. The number of carbonyl (C=O) groups excluding carboxylic acids is 1. The van der Waals surface area contributed by atoms with Crippen molar-refractivity contribution in [3.63, 3.8) is 0 Å². The second kappa shape index (κ2) is 4.70. The lowest BCUT2D eigenvalue weighted by atomic mass is 10.1. The molecule has 1 N–H and O–H groups in total. The first kappa shape index (κ1) is 12.6. The fourth-order valence-corrected chi connectivity index (χ4v) is 3.45. The van der Waals surface area contributed by atoms with Gasteiger partial charge in [0.25, 0.3) is 5.91 Å². The quantitative estimate of drug-likeness (QED) is 0.794. The molecule has 0 spiro atoms. The number of rotatable bonds is 3. The lowest BCUT2D eigenvalue weighted by Crippen LogP contribution is -2.13. The summed E-state index contributed by atoms with van der Waals surface area (Å²) < 4.78 is 2.31. The molecule has 4 rings (SSSR count). The van der Waals surface area contributed by atoms with E-state index in [-0.39, 0.29) is 5.91 Å². The average molecular weight is 297 g/mol. The van der Waals surface area contributed by atoms with Crippen LogP contribution in [-0.2, 0) is 0 Å². The van der Waals surface area contributed by atoms with Crippen molar-refractivity contribution < 1.29 is 4.79 Å². The minimum absolute atomic E-state index is 0.0713. The van der Waals surface area contributed by atoms with Gasteiger partial charge < -0.3 is 4.57 Å². The Morgan fingerprint density at radius 2 is 2.19 bits per heavy atom. The van der Waals surface area contributed by atoms with Gasteiger partial charge in [0.1, 0.15) is 0 Å². The Labute approximate surface area is 126 Å². The van der Waals surface area contributed by atoms with E-state index in [0.29, 0.717) is 11.2 Å². The van der Waals surface area contributed by atoms with E-state index in [2.05, 4.69) is 20.9 Å². The predicted octanol–water partition coefficient (Wildman–Crippen LogP) is 3.99. The number of fused-ring (bicyclic) bond motifs is 1. The molecule has 0 saturated heterocycles. The van der Waals surface area contributed by atoms with Crippen LogP contribution in [-0.4, -0.2) is 15.5 Å². The first-order valence-electron chi connectivity index (χ1n) is 7.06. The minimum Gasteiger partial charge on any atom is -0.341 e. The Balaban J connectivity index is 1.84. The zero-order chi connectivity index (χ0) is 14.4. The van der Waals surface area contributed by atoms with Crippen LogP contribution in [0, 0.1) is 6.92 Å². The average Bonchev–Trinajstić information content (AvgIpc) is 3.08. The first-order chi connectivity index (χ1) is 10.3. The second-order valence-corrected chi connectivity index (χ2v) is 6.26. The van der Waals surface area contributed by atoms with Crippen molar-refractivity contribution in [1.29, 1.82) is 0 Å². The molecule has 5 heteroatoms. The molecule has 106 valence electrons. The summed E-state index contributed by atoms with van der Waals surface area (Å²) in [5, 5.41) is 6.42. The Bertz CT molecular complexity index is 816. The van der Waals surface area contributed by atoms with Crippen molar-refractivity contribution >= 4 is 33.3 Å². The van der Waals surface area contributed by atoms with Crippen molar-refractivity contribution in [3.05, 3.63) is 47.1 Å². The summed E-state index contributed by atoms with van der Waals surface area (Å²) in [6.07, 6.45) is 4.10. The van der Waals surface area contributed by atoms with E-state index >= 15 is 0 Å². The van der Waals surface area contributed by atoms with E-state index in [0.717, 1.165) is 22.2 Å². The van der Waals surface area contributed by atoms with Crippen molar-refractivity contribution in [2.75, 3.05) is 5.32 Å². The zero-order valence-corrected chi connectivity index (χ0v) is 12.5. The van der Waals surface area contributed by atoms with Gasteiger partial charge in [-0.15, -0.1) is 11.3 Å². The molecule has 2 heterocycles. The normalized spacial score (nSPS) is 14.5. The number of amides is 1. The highest BCUT2D eigenvalue weighted by atomic mass is 32.1. The molecule has 1 fully saturated rings. The van der Waals surface area contributed by atoms with Crippen LogP contribution in [0.2, 0.25) is 0 Å². The molecule has 1 saturated carbocycles. The van der Waals surface area contributed by atoms with E-state index in [9.17, 15) is 4.79 Å². The molecular formula is C16H15N3OS. The number of carbonyl (C=O) groups is 1. The van der Waals surface area contributed by atoms with Crippen molar-refractivity contribution in [1.82, 2.24) is 9.55 Å². The number of para-hydroxylation sites is 1. The van der Waals surface area contributed by atoms with Crippen LogP contribution in [0.4, 0.5) is 5.13 Å². The van der Waals surface area contributed by atoms with Crippen LogP contribution in [0.5, 0.6) is 0 Å². The summed E-state index contributed by atoms with van der Waals surface area (Å²) in [5.41, 5.74) is 2.97. The van der Waals surface area contributed by atoms with Crippen LogP contribution in [0.15, 0.2) is 35.8 Å². The number of nitrogens with one attached hydrogen (secondary N) is 1. The largest absolute Gasteiger partial charge is 0.341 e. The Hall–Kier alpha value is -2.14. The summed E-state index contributed by atoms with van der Waals surface area (Å²) in [7, 11) is 0. The Kier molecular flexibility index (Phi) is 2.82. The van der Waals surface area contributed by atoms with E-state index < -0.39 is 0 Å². The van der Waals surface area contributed by atoms with Crippen molar-refractivity contribution in [3.8, 4) is 0 Å². The SMILES string of the molecule is Cc1c(C(=O)Nc2nccs2)c2ccccc2n1C1CC1. The van der Waals surface area contributed by atoms with Gasteiger partial charge >= 0.3 is 0 Å². The Morgan fingerprint density at radius 1 is 1.38 bits per heavy atom. The third-order valence-electron chi connectivity index (χ3n) is 3.95. The minimum atomic E-state index is -0.0713. The monoisotopic (exact) mass is 297 g/mol. The van der Waals surface area contributed by atoms with Crippen molar-refractivity contribution in [2.45, 2.75) is 25.8 Å². The molecule has 0 unspecified atom stereocenters. The summed E-state index contributed by atoms with van der Waals surface area (Å²) in [4.78, 5) is 16.8. The number of aromatic nitrogens is 2. The molecular weight excluding hydrogens is 282 g/mol. The van der Waals surface area contributed by atoms with Gasteiger partial charge in [0.15, 0.2) is 5.13 Å². The summed E-state index contributed by atoms with van der Waals surface area (Å²) >= 11 is 1.43. The predicted molar refractivity (Wildman–Crippen MR) is 85.0 cm³/mol. The zero-order valence-electron chi connectivity index (χ0n) is 11.7. The van der Waals surface area contributed by atoms with Crippen LogP contribution >= 0.6 is 11.3 Å². The summed E-state index contributed by atoms with van der Waals surface area (Å²) in [6.45, 7) is 2.04. The molecule has 1 aliphatic carbocycles. The molecule has 0 radical (unpaired) electrons. The number of anilines is 1. The number of thiazole rings is 1. The number of benzene rings is 1. The third-order valence-corrected chi connectivity index (χ3v) is 4.64. The first-order valence-corrected chi connectivity index (χ1v) is 7.94. The highest BCUT2D eigenvalue weighted by molar-refractivity contribution is 7.13. The highest BCUT2D eigenvalue weighted by Crippen LogP contribution is 2.41. The highest BCUT2D eigenvalue weighted by Gasteiger charge is 2.30. The maximum absolute atomic E-state index is 12.6. The van der Waals surface area contributed by atoms with Gasteiger partial charge in [-0.25, -0.2) is 4.98 Å². The molecule has 0 bridgehead atoms. The van der Waals surface area contributed by atoms with Gasteiger partial charge in [-0.2, -0.15) is 0 Å². The van der Waals surface area contributed by atoms with Gasteiger partial charge in [0, 0.05) is 34.2 Å². The van der Waals surface area contributed by atoms with Crippen LogP contribution in [0.25, 0.3) is 10.9 Å². The smallest absolute Gasteiger partial charge is 0.259 e. The molecule has 0 atom stereocenters. The lowest BCUT2D eigenvalue weighted by molar-refractivity contribution is 0.102. The molecule has 4 nitrogen and oxygen atoms in total. The molecule has 0 aliphatic heterocycles. The summed E-state index contributed by atoms with van der Waals surface area (Å²) in [5.74, 6) is -0.0713. The maximum Gasteiger partial charge on any atom is 0.259 e. The number of hydrogen-bond acceptors (Lipinski definition) is 3. The third kappa shape index (κ3) is 2.05. The van der Waals surface area contributed by atoms with E-state index in [1.54, 1.807) is 6.20 Å². The fraction of sp³-hybridized carbons (Fsp3) is 0.250. The van der Waals surface area contributed by atoms with Gasteiger partial charge in [-0.05, 0) is 25.8 Å². The standard InChI is InChI=1S/C16H15N3OS/c1-10-14(15(20)18-16-17-8-9-21-16)12-4-2-3-5-13(12)19(10)11-6-7-11/h2-5,8-9,11H,6-7H2,1H3,(H,17,18,20). The molecule has 1 aliphatic rings. The van der Waals surface area contributed by atoms with Gasteiger partial charge in [0.2, 0.25) is 0 Å². The van der Waals surface area contributed by atoms with E-state index in [1.807, 2.05) is 30.5 Å². The van der Waals surface area contributed by atoms with Gasteiger partial charge in [-0.1, -0.05) is 18.2 Å². The number of nitrogens with zero attached hydrogens (tertiary/aromatic N) is 2. The van der Waals surface area contributed by atoms with E-state index in [4.69, 9.17) is 0 Å². The molecule has 21 heavy (non-hydrogen) atoms. The fourth-order valence-electron chi connectivity index (χ4n) is 2.93. The topological polar surface area (TPSA) is 46.9 Å². The maximum atomic E-state index is 12.6. The van der Waals surface area contributed by atoms with Gasteiger partial charge in [-0.3, -0.25) is 10.1 Å². The molecule has 2 aromatic heterocycles.